The predicted octanol–water partition coefficient (Wildman–Crippen LogP) is 3.55. The van der Waals surface area contributed by atoms with Gasteiger partial charge in [-0.1, -0.05) is 12.8 Å². The third-order valence-electron chi connectivity index (χ3n) is 4.44. The summed E-state index contributed by atoms with van der Waals surface area (Å²) in [6.45, 7) is 3.18. The van der Waals surface area contributed by atoms with Gasteiger partial charge in [0.15, 0.2) is 0 Å². The molecule has 0 spiro atoms. The first-order valence-corrected chi connectivity index (χ1v) is 8.33. The van der Waals surface area contributed by atoms with E-state index in [-0.39, 0.29) is 0 Å². The quantitative estimate of drug-likeness (QED) is 0.879. The minimum atomic E-state index is 0.783. The van der Waals surface area contributed by atoms with E-state index in [9.17, 15) is 0 Å². The summed E-state index contributed by atoms with van der Waals surface area (Å²) in [6.07, 6.45) is 9.88. The summed E-state index contributed by atoms with van der Waals surface area (Å²) in [4.78, 5) is 4.53. The van der Waals surface area contributed by atoms with Gasteiger partial charge in [0.05, 0.1) is 5.01 Å². The summed E-state index contributed by atoms with van der Waals surface area (Å²) in [6, 6.07) is 0.783. The average molecular weight is 264 g/mol. The summed E-state index contributed by atoms with van der Waals surface area (Å²) in [5.74, 6) is 2.13. The largest absolute Gasteiger partial charge is 0.314 e. The van der Waals surface area contributed by atoms with Gasteiger partial charge in [-0.15, -0.1) is 11.3 Å². The molecule has 3 rings (SSSR count). The third-order valence-corrected chi connectivity index (χ3v) is 5.47. The van der Waals surface area contributed by atoms with Crippen LogP contribution in [0.3, 0.4) is 0 Å². The highest BCUT2D eigenvalue weighted by Gasteiger charge is 2.34. The topological polar surface area (TPSA) is 24.9 Å². The van der Waals surface area contributed by atoms with Crippen LogP contribution < -0.4 is 5.32 Å². The molecule has 0 amide bonds. The van der Waals surface area contributed by atoms with Crippen molar-refractivity contribution in [2.24, 2.45) is 11.8 Å². The molecular weight excluding hydrogens is 240 g/mol. The van der Waals surface area contributed by atoms with Gasteiger partial charge in [-0.2, -0.15) is 0 Å². The van der Waals surface area contributed by atoms with Crippen LogP contribution in [0, 0.1) is 18.8 Å². The Morgan fingerprint density at radius 2 is 2.17 bits per heavy atom. The van der Waals surface area contributed by atoms with Gasteiger partial charge in [0.25, 0.3) is 0 Å². The van der Waals surface area contributed by atoms with Gasteiger partial charge < -0.3 is 5.32 Å². The van der Waals surface area contributed by atoms with Gasteiger partial charge in [-0.05, 0) is 44.4 Å². The van der Waals surface area contributed by atoms with E-state index in [0.29, 0.717) is 0 Å². The first-order valence-electron chi connectivity index (χ1n) is 7.45. The zero-order valence-electron chi connectivity index (χ0n) is 11.3. The maximum atomic E-state index is 4.53. The fraction of sp³-hybridized carbons (Fsp3) is 0.800. The maximum Gasteiger partial charge on any atom is 0.0940 e. The molecule has 2 unspecified atom stereocenters. The average Bonchev–Trinajstić information content (AvgIpc) is 3.14. The molecule has 18 heavy (non-hydrogen) atoms. The van der Waals surface area contributed by atoms with Crippen molar-refractivity contribution in [2.75, 3.05) is 6.54 Å². The molecule has 2 fully saturated rings. The second-order valence-electron chi connectivity index (χ2n) is 6.05. The minimum Gasteiger partial charge on any atom is -0.314 e. The van der Waals surface area contributed by atoms with Crippen LogP contribution in [0.5, 0.6) is 0 Å². The van der Waals surface area contributed by atoms with Crippen LogP contribution in [-0.4, -0.2) is 17.6 Å². The Bertz CT molecular complexity index is 384. The Kier molecular flexibility index (Phi) is 4.00. The third kappa shape index (κ3) is 3.33. The summed E-state index contributed by atoms with van der Waals surface area (Å²) in [5, 5.41) is 7.20. The molecule has 2 atom stereocenters. The maximum absolute atomic E-state index is 4.53. The molecule has 2 nitrogen and oxygen atoms in total. The van der Waals surface area contributed by atoms with Crippen molar-refractivity contribution >= 4 is 11.3 Å². The summed E-state index contributed by atoms with van der Waals surface area (Å²) in [7, 11) is 0. The number of rotatable bonds is 5. The zero-order chi connectivity index (χ0) is 12.4. The van der Waals surface area contributed by atoms with E-state index in [0.717, 1.165) is 30.8 Å². The van der Waals surface area contributed by atoms with Crippen LogP contribution in [-0.2, 0) is 6.42 Å². The standard InChI is InChI=1S/C15H24N2S/c1-11-10-18-15(17-11)7-8-16-14-4-2-3-13(9-14)12-5-6-12/h10,12-14,16H,2-9H2,1H3. The fourth-order valence-corrected chi connectivity index (χ4v) is 4.09. The Morgan fingerprint density at radius 3 is 2.89 bits per heavy atom. The van der Waals surface area contributed by atoms with Crippen molar-refractivity contribution in [3.8, 4) is 0 Å². The number of hydrogen-bond acceptors (Lipinski definition) is 3. The lowest BCUT2D eigenvalue weighted by Crippen LogP contribution is -2.35. The lowest BCUT2D eigenvalue weighted by atomic mass is 9.83. The Morgan fingerprint density at radius 1 is 1.28 bits per heavy atom. The fourth-order valence-electron chi connectivity index (χ4n) is 3.31. The summed E-state index contributed by atoms with van der Waals surface area (Å²) >= 11 is 1.80. The summed E-state index contributed by atoms with van der Waals surface area (Å²) in [5.41, 5.74) is 1.17. The van der Waals surface area contributed by atoms with Crippen molar-refractivity contribution in [1.29, 1.82) is 0 Å². The van der Waals surface area contributed by atoms with Crippen LogP contribution >= 0.6 is 11.3 Å². The Labute approximate surface area is 114 Å². The van der Waals surface area contributed by atoms with Gasteiger partial charge in [0.2, 0.25) is 0 Å². The van der Waals surface area contributed by atoms with E-state index >= 15 is 0 Å². The monoisotopic (exact) mass is 264 g/mol. The molecule has 0 saturated heterocycles. The molecule has 0 aromatic carbocycles. The van der Waals surface area contributed by atoms with E-state index in [1.165, 1.54) is 49.2 Å². The molecule has 0 aliphatic heterocycles. The van der Waals surface area contributed by atoms with Gasteiger partial charge in [-0.3, -0.25) is 0 Å². The van der Waals surface area contributed by atoms with Crippen LogP contribution in [0.25, 0.3) is 0 Å². The second-order valence-corrected chi connectivity index (χ2v) is 6.99. The minimum absolute atomic E-state index is 0.783. The Balaban J connectivity index is 1.39. The van der Waals surface area contributed by atoms with Gasteiger partial charge in [-0.25, -0.2) is 4.98 Å². The first kappa shape index (κ1) is 12.6. The van der Waals surface area contributed by atoms with E-state index in [1.807, 2.05) is 0 Å². The SMILES string of the molecule is Cc1csc(CCNC2CCCC(C3CC3)C2)n1. The molecular formula is C15H24N2S. The molecule has 1 heterocycles. The van der Waals surface area contributed by atoms with Crippen LogP contribution in [0.1, 0.15) is 49.2 Å². The van der Waals surface area contributed by atoms with E-state index in [2.05, 4.69) is 22.6 Å². The first-order chi connectivity index (χ1) is 8.81. The molecule has 1 N–H and O–H groups in total. The van der Waals surface area contributed by atoms with Crippen LogP contribution in [0.15, 0.2) is 5.38 Å². The van der Waals surface area contributed by atoms with E-state index in [4.69, 9.17) is 0 Å². The molecule has 1 aromatic rings. The van der Waals surface area contributed by atoms with E-state index < -0.39 is 0 Å². The van der Waals surface area contributed by atoms with Crippen LogP contribution in [0.4, 0.5) is 0 Å². The van der Waals surface area contributed by atoms with Gasteiger partial charge >= 0.3 is 0 Å². The number of nitrogens with zero attached hydrogens (tertiary/aromatic N) is 1. The van der Waals surface area contributed by atoms with Crippen LogP contribution in [0.2, 0.25) is 0 Å². The molecule has 100 valence electrons. The van der Waals surface area contributed by atoms with Gasteiger partial charge in [0.1, 0.15) is 0 Å². The van der Waals surface area contributed by atoms with Crippen molar-refractivity contribution < 1.29 is 0 Å². The van der Waals surface area contributed by atoms with Gasteiger partial charge in [0, 0.05) is 30.1 Å². The van der Waals surface area contributed by atoms with Crippen molar-refractivity contribution in [3.63, 3.8) is 0 Å². The van der Waals surface area contributed by atoms with Crippen molar-refractivity contribution in [3.05, 3.63) is 16.1 Å². The predicted molar refractivity (Wildman–Crippen MR) is 77.0 cm³/mol. The number of hydrogen-bond donors (Lipinski definition) is 1. The highest BCUT2D eigenvalue weighted by Crippen LogP contribution is 2.43. The number of aryl methyl sites for hydroxylation is 1. The molecule has 0 bridgehead atoms. The summed E-state index contributed by atoms with van der Waals surface area (Å²) < 4.78 is 0. The van der Waals surface area contributed by atoms with Crippen molar-refractivity contribution in [2.45, 2.75) is 57.9 Å². The molecule has 2 aliphatic carbocycles. The number of thiazole rings is 1. The smallest absolute Gasteiger partial charge is 0.0940 e. The highest BCUT2D eigenvalue weighted by molar-refractivity contribution is 7.09. The lowest BCUT2D eigenvalue weighted by Gasteiger charge is -2.30. The molecule has 3 heteroatoms. The highest BCUT2D eigenvalue weighted by atomic mass is 32.1. The molecule has 2 saturated carbocycles. The number of nitrogens with one attached hydrogen (secondary N) is 1. The lowest BCUT2D eigenvalue weighted by molar-refractivity contribution is 0.262. The number of aromatic nitrogens is 1. The van der Waals surface area contributed by atoms with E-state index in [1.54, 1.807) is 11.3 Å². The molecule has 0 radical (unpaired) electrons. The Hall–Kier alpha value is -0.410. The molecule has 1 aromatic heterocycles. The van der Waals surface area contributed by atoms with Crippen molar-refractivity contribution in [1.82, 2.24) is 10.3 Å². The normalized spacial score (nSPS) is 28.5. The second kappa shape index (κ2) is 5.70. The molecule has 2 aliphatic rings. The zero-order valence-corrected chi connectivity index (χ0v) is 12.1.